The molecule has 6 heteroatoms. The Hall–Kier alpha value is -2.08. The van der Waals surface area contributed by atoms with Crippen LogP contribution < -0.4 is 5.32 Å². The first kappa shape index (κ1) is 12.9. The summed E-state index contributed by atoms with van der Waals surface area (Å²) in [7, 11) is -3.18. The van der Waals surface area contributed by atoms with Gasteiger partial charge in [0, 0.05) is 10.8 Å². The van der Waals surface area contributed by atoms with Crippen molar-refractivity contribution in [3.05, 3.63) is 47.1 Å². The van der Waals surface area contributed by atoms with Crippen LogP contribution in [0.2, 0.25) is 0 Å². The molecule has 0 radical (unpaired) electrons. The lowest BCUT2D eigenvalue weighted by Gasteiger charge is -2.10. The summed E-state index contributed by atoms with van der Waals surface area (Å²) in [5.41, 5.74) is 0.931. The van der Waals surface area contributed by atoms with Gasteiger partial charge in [-0.05, 0) is 25.1 Å². The number of benzene rings is 1. The summed E-state index contributed by atoms with van der Waals surface area (Å²) in [6, 6.07) is 6.66. The molecule has 1 aromatic carbocycles. The maximum absolute atomic E-state index is 12.2. The quantitative estimate of drug-likeness (QED) is 0.915. The van der Waals surface area contributed by atoms with Crippen LogP contribution in [0.25, 0.3) is 11.0 Å². The first-order valence-corrected chi connectivity index (χ1v) is 7.87. The van der Waals surface area contributed by atoms with E-state index in [9.17, 15) is 13.2 Å². The maximum Gasteiger partial charge on any atom is 0.255 e. The van der Waals surface area contributed by atoms with Crippen molar-refractivity contribution in [2.45, 2.75) is 13.0 Å². The number of rotatable bonds is 2. The van der Waals surface area contributed by atoms with E-state index >= 15 is 0 Å². The SMILES string of the molecule is Cc1cc2cccc(C(=O)NC3C=CS(=O)(=O)C3)c2o1. The monoisotopic (exact) mass is 291 g/mol. The van der Waals surface area contributed by atoms with E-state index in [1.807, 2.05) is 19.1 Å². The van der Waals surface area contributed by atoms with E-state index in [1.165, 1.54) is 6.08 Å². The predicted molar refractivity (Wildman–Crippen MR) is 75.1 cm³/mol. The number of aryl methyl sites for hydroxylation is 1. The average Bonchev–Trinajstić information content (AvgIpc) is 2.90. The van der Waals surface area contributed by atoms with Crippen molar-refractivity contribution >= 4 is 26.7 Å². The molecule has 20 heavy (non-hydrogen) atoms. The number of para-hydroxylation sites is 1. The first-order valence-electron chi connectivity index (χ1n) is 6.16. The Morgan fingerprint density at radius 1 is 1.40 bits per heavy atom. The third-order valence-corrected chi connectivity index (χ3v) is 4.55. The molecule has 1 aliphatic heterocycles. The lowest BCUT2D eigenvalue weighted by Crippen LogP contribution is -2.35. The number of carbonyl (C=O) groups is 1. The summed E-state index contributed by atoms with van der Waals surface area (Å²) < 4.78 is 28.2. The van der Waals surface area contributed by atoms with Gasteiger partial charge in [-0.2, -0.15) is 0 Å². The van der Waals surface area contributed by atoms with Crippen LogP contribution in [-0.4, -0.2) is 26.1 Å². The van der Waals surface area contributed by atoms with Crippen LogP contribution in [0.5, 0.6) is 0 Å². The van der Waals surface area contributed by atoms with Gasteiger partial charge in [-0.25, -0.2) is 8.42 Å². The van der Waals surface area contributed by atoms with Crippen LogP contribution in [-0.2, 0) is 9.84 Å². The Kier molecular flexibility index (Phi) is 2.90. The number of sulfone groups is 1. The Labute approximate surface area is 116 Å². The number of hydrogen-bond acceptors (Lipinski definition) is 4. The van der Waals surface area contributed by atoms with Gasteiger partial charge in [0.2, 0.25) is 0 Å². The summed E-state index contributed by atoms with van der Waals surface area (Å²) in [5.74, 6) is 0.298. The van der Waals surface area contributed by atoms with Gasteiger partial charge in [-0.1, -0.05) is 12.1 Å². The highest BCUT2D eigenvalue weighted by Gasteiger charge is 2.24. The van der Waals surface area contributed by atoms with Gasteiger partial charge < -0.3 is 9.73 Å². The lowest BCUT2D eigenvalue weighted by molar-refractivity contribution is 0.0948. The molecule has 0 saturated carbocycles. The summed E-state index contributed by atoms with van der Waals surface area (Å²) in [5, 5.41) is 4.67. The Morgan fingerprint density at radius 3 is 2.90 bits per heavy atom. The van der Waals surface area contributed by atoms with Crippen molar-refractivity contribution in [2.75, 3.05) is 5.75 Å². The normalized spacial score (nSPS) is 20.4. The molecule has 1 aromatic heterocycles. The second-order valence-corrected chi connectivity index (χ2v) is 6.75. The molecular formula is C14H13NO4S. The van der Waals surface area contributed by atoms with Gasteiger partial charge in [0.15, 0.2) is 9.84 Å². The van der Waals surface area contributed by atoms with E-state index in [-0.39, 0.29) is 11.7 Å². The van der Waals surface area contributed by atoms with Gasteiger partial charge in [0.25, 0.3) is 5.91 Å². The van der Waals surface area contributed by atoms with Crippen molar-refractivity contribution in [1.82, 2.24) is 5.32 Å². The minimum absolute atomic E-state index is 0.0914. The van der Waals surface area contributed by atoms with Crippen LogP contribution in [0, 0.1) is 6.92 Å². The molecule has 104 valence electrons. The Bertz CT molecular complexity index is 817. The second kappa shape index (κ2) is 4.49. The van der Waals surface area contributed by atoms with Crippen LogP contribution in [0.1, 0.15) is 16.1 Å². The molecule has 1 aliphatic rings. The van der Waals surface area contributed by atoms with Crippen molar-refractivity contribution in [3.8, 4) is 0 Å². The van der Waals surface area contributed by atoms with Crippen LogP contribution in [0.3, 0.4) is 0 Å². The largest absolute Gasteiger partial charge is 0.461 e. The van der Waals surface area contributed by atoms with Crippen LogP contribution in [0.15, 0.2) is 40.2 Å². The summed E-state index contributed by atoms with van der Waals surface area (Å²) in [4.78, 5) is 12.2. The Balaban J connectivity index is 1.88. The van der Waals surface area contributed by atoms with E-state index in [4.69, 9.17) is 4.42 Å². The van der Waals surface area contributed by atoms with Gasteiger partial charge in [0.05, 0.1) is 17.4 Å². The first-order chi connectivity index (χ1) is 9.44. The smallest absolute Gasteiger partial charge is 0.255 e. The van der Waals surface area contributed by atoms with E-state index in [0.29, 0.717) is 11.1 Å². The number of fused-ring (bicyclic) bond motifs is 1. The molecule has 0 aliphatic carbocycles. The second-order valence-electron chi connectivity index (χ2n) is 4.82. The fourth-order valence-corrected chi connectivity index (χ4v) is 3.52. The molecule has 2 aromatic rings. The van der Waals surface area contributed by atoms with Crippen LogP contribution in [0.4, 0.5) is 0 Å². The van der Waals surface area contributed by atoms with Crippen LogP contribution >= 0.6 is 0 Å². The maximum atomic E-state index is 12.2. The standard InChI is InChI=1S/C14H13NO4S/c1-9-7-10-3-2-4-12(13(10)19-9)14(16)15-11-5-6-20(17,18)8-11/h2-7,11H,8H2,1H3,(H,15,16). The molecule has 1 N–H and O–H groups in total. The van der Waals surface area contributed by atoms with Crippen molar-refractivity contribution in [2.24, 2.45) is 0 Å². The number of amides is 1. The molecule has 1 amide bonds. The number of nitrogens with one attached hydrogen (secondary N) is 1. The fourth-order valence-electron chi connectivity index (χ4n) is 2.28. The van der Waals surface area contributed by atoms with Gasteiger partial charge in [-0.3, -0.25) is 4.79 Å². The number of hydrogen-bond donors (Lipinski definition) is 1. The zero-order chi connectivity index (χ0) is 14.3. The molecule has 2 heterocycles. The van der Waals surface area contributed by atoms with E-state index in [0.717, 1.165) is 16.6 Å². The van der Waals surface area contributed by atoms with Gasteiger partial charge in [0.1, 0.15) is 11.3 Å². The topological polar surface area (TPSA) is 76.4 Å². The van der Waals surface area contributed by atoms with Gasteiger partial charge >= 0.3 is 0 Å². The molecule has 0 bridgehead atoms. The average molecular weight is 291 g/mol. The molecule has 0 spiro atoms. The van der Waals surface area contributed by atoms with E-state index in [2.05, 4.69) is 5.32 Å². The molecular weight excluding hydrogens is 278 g/mol. The zero-order valence-electron chi connectivity index (χ0n) is 10.8. The minimum atomic E-state index is -3.18. The van der Waals surface area contributed by atoms with Crippen molar-refractivity contribution in [1.29, 1.82) is 0 Å². The fraction of sp³-hybridized carbons (Fsp3) is 0.214. The highest BCUT2D eigenvalue weighted by molar-refractivity contribution is 7.94. The number of furan rings is 1. The Morgan fingerprint density at radius 2 is 2.20 bits per heavy atom. The van der Waals surface area contributed by atoms with Gasteiger partial charge in [-0.15, -0.1) is 0 Å². The summed E-state index contributed by atoms with van der Waals surface area (Å²) in [6.07, 6.45) is 1.49. The third-order valence-electron chi connectivity index (χ3n) is 3.16. The van der Waals surface area contributed by atoms with Crippen molar-refractivity contribution in [3.63, 3.8) is 0 Å². The van der Waals surface area contributed by atoms with E-state index < -0.39 is 15.9 Å². The molecule has 1 atom stereocenters. The molecule has 1 unspecified atom stereocenters. The molecule has 0 fully saturated rings. The minimum Gasteiger partial charge on any atom is -0.461 e. The highest BCUT2D eigenvalue weighted by Crippen LogP contribution is 2.23. The molecule has 5 nitrogen and oxygen atoms in total. The van der Waals surface area contributed by atoms with E-state index in [1.54, 1.807) is 12.1 Å². The zero-order valence-corrected chi connectivity index (χ0v) is 11.6. The predicted octanol–water partition coefficient (Wildman–Crippen LogP) is 1.78. The molecule has 3 rings (SSSR count). The molecule has 0 saturated heterocycles. The lowest BCUT2D eigenvalue weighted by atomic mass is 10.1. The van der Waals surface area contributed by atoms with Crippen molar-refractivity contribution < 1.29 is 17.6 Å². The summed E-state index contributed by atoms with van der Waals surface area (Å²) in [6.45, 7) is 1.81. The third kappa shape index (κ3) is 2.34. The highest BCUT2D eigenvalue weighted by atomic mass is 32.2. The number of carbonyl (C=O) groups excluding carboxylic acids is 1. The summed E-state index contributed by atoms with van der Waals surface area (Å²) >= 11 is 0.